The van der Waals surface area contributed by atoms with Gasteiger partial charge in [0.1, 0.15) is 11.8 Å². The summed E-state index contributed by atoms with van der Waals surface area (Å²) in [5.41, 5.74) is 6.35. The number of aryl methyl sites for hydroxylation is 2. The molecule has 0 radical (unpaired) electrons. The first-order valence-electron chi connectivity index (χ1n) is 6.68. The molecule has 0 aliphatic rings. The predicted octanol–water partition coefficient (Wildman–Crippen LogP) is 3.65. The van der Waals surface area contributed by atoms with Crippen LogP contribution in [0.1, 0.15) is 28.8 Å². The summed E-state index contributed by atoms with van der Waals surface area (Å²) in [6.07, 6.45) is 0. The smallest absolute Gasteiger partial charge is 0.152 e. The summed E-state index contributed by atoms with van der Waals surface area (Å²) in [7, 11) is 0. The number of nitrogens with one attached hydrogen (secondary N) is 1. The van der Waals surface area contributed by atoms with Crippen LogP contribution in [0.15, 0.2) is 40.8 Å². The van der Waals surface area contributed by atoms with Crippen LogP contribution < -0.4 is 11.3 Å². The lowest BCUT2D eigenvalue weighted by Crippen LogP contribution is -2.29. The highest BCUT2D eigenvalue weighted by molar-refractivity contribution is 6.34. The zero-order chi connectivity index (χ0) is 15.0. The lowest BCUT2D eigenvalue weighted by molar-refractivity contribution is 0.475. The van der Waals surface area contributed by atoms with Gasteiger partial charge in [-0.2, -0.15) is 0 Å². The normalized spacial score (nSPS) is 12.8. The Hall–Kier alpha value is -1.88. The summed E-state index contributed by atoms with van der Waals surface area (Å²) in [5.74, 6) is 6.45. The van der Waals surface area contributed by atoms with Crippen LogP contribution in [0.3, 0.4) is 0 Å². The van der Waals surface area contributed by atoms with Crippen LogP contribution in [0.25, 0.3) is 11.0 Å². The number of furan rings is 1. The van der Waals surface area contributed by atoms with E-state index in [2.05, 4.69) is 10.4 Å². The maximum atomic E-state index is 6.16. The Bertz CT molecular complexity index is 797. The molecule has 4 nitrogen and oxygen atoms in total. The lowest BCUT2D eigenvalue weighted by atomic mass is 10.0. The molecule has 3 rings (SSSR count). The molecule has 0 bridgehead atoms. The van der Waals surface area contributed by atoms with E-state index in [0.29, 0.717) is 16.4 Å². The van der Waals surface area contributed by atoms with E-state index in [0.717, 1.165) is 22.3 Å². The molecule has 2 heterocycles. The Morgan fingerprint density at radius 1 is 1.24 bits per heavy atom. The molecule has 1 unspecified atom stereocenters. The molecule has 0 aliphatic carbocycles. The number of aromatic nitrogens is 1. The number of rotatable bonds is 3. The van der Waals surface area contributed by atoms with Gasteiger partial charge < -0.3 is 4.42 Å². The van der Waals surface area contributed by atoms with Gasteiger partial charge in [0.25, 0.3) is 0 Å². The Balaban J connectivity index is 2.11. The molecule has 2 aromatic heterocycles. The van der Waals surface area contributed by atoms with Gasteiger partial charge >= 0.3 is 0 Å². The minimum absolute atomic E-state index is 0.262. The molecule has 5 heteroatoms. The zero-order valence-corrected chi connectivity index (χ0v) is 12.6. The third-order valence-electron chi connectivity index (χ3n) is 3.54. The number of hydrazine groups is 1. The standard InChI is InChI=1S/C16H16ClN3O/c1-9-6-7-12(10(2)19-9)15(20-18)14-8-11-4-3-5-13(17)16(11)21-14/h3-8,15,20H,18H2,1-2H3. The van der Waals surface area contributed by atoms with Crippen LogP contribution in [-0.2, 0) is 0 Å². The van der Waals surface area contributed by atoms with E-state index in [1.54, 1.807) is 6.07 Å². The number of hydrogen-bond acceptors (Lipinski definition) is 4. The van der Waals surface area contributed by atoms with Gasteiger partial charge in [0.15, 0.2) is 5.58 Å². The lowest BCUT2D eigenvalue weighted by Gasteiger charge is -2.16. The summed E-state index contributed by atoms with van der Waals surface area (Å²) in [5, 5.41) is 1.55. The van der Waals surface area contributed by atoms with Crippen molar-refractivity contribution in [2.45, 2.75) is 19.9 Å². The molecule has 0 saturated heterocycles. The SMILES string of the molecule is Cc1ccc(C(NN)c2cc3cccc(Cl)c3o2)c(C)n1. The average molecular weight is 302 g/mol. The molecule has 0 amide bonds. The molecule has 0 saturated carbocycles. The number of nitrogens with two attached hydrogens (primary N) is 1. The Kier molecular flexibility index (Phi) is 3.68. The number of pyridine rings is 1. The summed E-state index contributed by atoms with van der Waals surface area (Å²) in [6.45, 7) is 3.92. The van der Waals surface area contributed by atoms with Gasteiger partial charge in [0, 0.05) is 16.8 Å². The van der Waals surface area contributed by atoms with Crippen molar-refractivity contribution < 1.29 is 4.42 Å². The van der Waals surface area contributed by atoms with E-state index in [1.807, 2.05) is 44.2 Å². The fourth-order valence-corrected chi connectivity index (χ4v) is 2.74. The zero-order valence-electron chi connectivity index (χ0n) is 11.9. The van der Waals surface area contributed by atoms with Crippen molar-refractivity contribution in [2.24, 2.45) is 5.84 Å². The van der Waals surface area contributed by atoms with Crippen LogP contribution in [-0.4, -0.2) is 4.98 Å². The topological polar surface area (TPSA) is 64.1 Å². The minimum atomic E-state index is -0.262. The molecule has 1 aromatic carbocycles. The monoisotopic (exact) mass is 301 g/mol. The van der Waals surface area contributed by atoms with Gasteiger partial charge in [-0.05, 0) is 37.6 Å². The molecule has 3 aromatic rings. The van der Waals surface area contributed by atoms with Crippen molar-refractivity contribution in [3.63, 3.8) is 0 Å². The van der Waals surface area contributed by atoms with Crippen molar-refractivity contribution >= 4 is 22.6 Å². The van der Waals surface area contributed by atoms with Gasteiger partial charge in [-0.3, -0.25) is 10.8 Å². The van der Waals surface area contributed by atoms with Crippen molar-refractivity contribution in [1.82, 2.24) is 10.4 Å². The summed E-state index contributed by atoms with van der Waals surface area (Å²) in [6, 6.07) is 11.3. The highest BCUT2D eigenvalue weighted by atomic mass is 35.5. The van der Waals surface area contributed by atoms with E-state index >= 15 is 0 Å². The molecule has 21 heavy (non-hydrogen) atoms. The quantitative estimate of drug-likeness (QED) is 0.572. The second-order valence-corrected chi connectivity index (χ2v) is 5.44. The van der Waals surface area contributed by atoms with Gasteiger partial charge in [-0.15, -0.1) is 0 Å². The van der Waals surface area contributed by atoms with Crippen LogP contribution in [0.2, 0.25) is 5.02 Å². The first kappa shape index (κ1) is 14.1. The van der Waals surface area contributed by atoms with E-state index < -0.39 is 0 Å². The number of benzene rings is 1. The second kappa shape index (κ2) is 5.48. The molecule has 0 aliphatic heterocycles. The summed E-state index contributed by atoms with van der Waals surface area (Å²) < 4.78 is 5.89. The molecular formula is C16H16ClN3O. The van der Waals surface area contributed by atoms with Crippen LogP contribution in [0.5, 0.6) is 0 Å². The molecule has 3 N–H and O–H groups in total. The third kappa shape index (κ3) is 2.53. The Morgan fingerprint density at radius 3 is 2.71 bits per heavy atom. The van der Waals surface area contributed by atoms with E-state index in [4.69, 9.17) is 21.9 Å². The maximum absolute atomic E-state index is 6.16. The van der Waals surface area contributed by atoms with E-state index in [1.165, 1.54) is 0 Å². The third-order valence-corrected chi connectivity index (χ3v) is 3.84. The molecule has 0 fully saturated rings. The van der Waals surface area contributed by atoms with Gasteiger partial charge in [-0.1, -0.05) is 29.8 Å². The first-order valence-corrected chi connectivity index (χ1v) is 7.06. The minimum Gasteiger partial charge on any atom is -0.457 e. The molecule has 0 spiro atoms. The molecule has 1 atom stereocenters. The van der Waals surface area contributed by atoms with E-state index in [9.17, 15) is 0 Å². The summed E-state index contributed by atoms with van der Waals surface area (Å²) in [4.78, 5) is 4.48. The maximum Gasteiger partial charge on any atom is 0.152 e. The van der Waals surface area contributed by atoms with Crippen LogP contribution in [0.4, 0.5) is 0 Å². The van der Waals surface area contributed by atoms with Crippen LogP contribution >= 0.6 is 11.6 Å². The fraction of sp³-hybridized carbons (Fsp3) is 0.188. The Labute approximate surface area is 127 Å². The number of hydrogen-bond donors (Lipinski definition) is 2. The Morgan fingerprint density at radius 2 is 2.05 bits per heavy atom. The number of para-hydroxylation sites is 1. The van der Waals surface area contributed by atoms with Crippen LogP contribution in [0, 0.1) is 13.8 Å². The molecular weight excluding hydrogens is 286 g/mol. The molecule has 108 valence electrons. The van der Waals surface area contributed by atoms with Crippen molar-refractivity contribution in [1.29, 1.82) is 0 Å². The number of halogens is 1. The van der Waals surface area contributed by atoms with Crippen molar-refractivity contribution in [2.75, 3.05) is 0 Å². The first-order chi connectivity index (χ1) is 10.1. The second-order valence-electron chi connectivity index (χ2n) is 5.03. The predicted molar refractivity (Wildman–Crippen MR) is 84.1 cm³/mol. The van der Waals surface area contributed by atoms with Crippen molar-refractivity contribution in [3.8, 4) is 0 Å². The summed E-state index contributed by atoms with van der Waals surface area (Å²) >= 11 is 6.16. The van der Waals surface area contributed by atoms with Gasteiger partial charge in [0.2, 0.25) is 0 Å². The number of fused-ring (bicyclic) bond motifs is 1. The van der Waals surface area contributed by atoms with Gasteiger partial charge in [-0.25, -0.2) is 5.43 Å². The highest BCUT2D eigenvalue weighted by Gasteiger charge is 2.20. The largest absolute Gasteiger partial charge is 0.457 e. The van der Waals surface area contributed by atoms with Gasteiger partial charge in [0.05, 0.1) is 5.02 Å². The average Bonchev–Trinajstić information content (AvgIpc) is 2.87. The highest BCUT2D eigenvalue weighted by Crippen LogP contribution is 2.32. The van der Waals surface area contributed by atoms with E-state index in [-0.39, 0.29) is 6.04 Å². The fourth-order valence-electron chi connectivity index (χ4n) is 2.52. The van der Waals surface area contributed by atoms with Crippen molar-refractivity contribution in [3.05, 3.63) is 64.1 Å². The number of nitrogens with zero attached hydrogens (tertiary/aromatic N) is 1.